The average Bonchev–Trinajstić information content (AvgIpc) is 3.16. The Morgan fingerprint density at radius 1 is 1.48 bits per heavy atom. The number of carbonyl (C=O) groups is 1. The monoisotopic (exact) mass is 354 g/mol. The first-order valence-electron chi connectivity index (χ1n) is 7.60. The van der Waals surface area contributed by atoms with Crippen molar-refractivity contribution in [2.45, 2.75) is 19.4 Å². The Kier molecular flexibility index (Phi) is 5.53. The lowest BCUT2D eigenvalue weighted by Gasteiger charge is -2.23. The maximum absolute atomic E-state index is 12.0. The molecular weight excluding hydrogens is 336 g/mol. The Labute approximate surface area is 143 Å². The van der Waals surface area contributed by atoms with Crippen molar-refractivity contribution in [2.75, 3.05) is 25.0 Å². The van der Waals surface area contributed by atoms with Crippen LogP contribution in [0.3, 0.4) is 0 Å². The lowest BCUT2D eigenvalue weighted by molar-refractivity contribution is -0.118. The minimum atomic E-state index is -0.223. The van der Waals surface area contributed by atoms with Crippen molar-refractivity contribution in [3.63, 3.8) is 0 Å². The number of nitrogens with one attached hydrogen (secondary N) is 2. The molecule has 1 aliphatic heterocycles. The number of piperidine rings is 1. The van der Waals surface area contributed by atoms with Crippen LogP contribution in [-0.2, 0) is 11.3 Å². The summed E-state index contributed by atoms with van der Waals surface area (Å²) in [6.07, 6.45) is 3.97. The van der Waals surface area contributed by atoms with Crippen molar-refractivity contribution in [1.82, 2.24) is 15.1 Å². The summed E-state index contributed by atoms with van der Waals surface area (Å²) in [6.45, 7) is 2.84. The van der Waals surface area contributed by atoms with Crippen LogP contribution in [-0.4, -0.2) is 35.4 Å². The summed E-state index contributed by atoms with van der Waals surface area (Å²) in [5, 5.41) is 12.3. The van der Waals surface area contributed by atoms with E-state index in [-0.39, 0.29) is 12.5 Å². The number of ether oxygens (including phenoxy) is 1. The van der Waals surface area contributed by atoms with E-state index in [1.807, 2.05) is 10.1 Å². The maximum atomic E-state index is 12.0. The highest BCUT2D eigenvalue weighted by Gasteiger charge is 2.16. The summed E-state index contributed by atoms with van der Waals surface area (Å²) >= 11 is 7.32. The van der Waals surface area contributed by atoms with Gasteiger partial charge in [-0.25, -0.2) is 4.68 Å². The van der Waals surface area contributed by atoms with Crippen LogP contribution in [0.5, 0.6) is 5.75 Å². The number of hydrogen-bond acceptors (Lipinski definition) is 5. The van der Waals surface area contributed by atoms with Crippen LogP contribution in [0.4, 0.5) is 5.82 Å². The minimum Gasteiger partial charge on any atom is -0.481 e. The first kappa shape index (κ1) is 16.3. The van der Waals surface area contributed by atoms with Crippen molar-refractivity contribution in [3.8, 4) is 5.75 Å². The molecule has 3 heterocycles. The lowest BCUT2D eigenvalue weighted by Crippen LogP contribution is -2.30. The number of rotatable bonds is 6. The van der Waals surface area contributed by atoms with Crippen LogP contribution >= 0.6 is 22.9 Å². The van der Waals surface area contributed by atoms with Gasteiger partial charge in [-0.05, 0) is 43.3 Å². The van der Waals surface area contributed by atoms with Crippen molar-refractivity contribution in [3.05, 3.63) is 28.0 Å². The molecule has 0 radical (unpaired) electrons. The van der Waals surface area contributed by atoms with E-state index in [4.69, 9.17) is 16.3 Å². The predicted molar refractivity (Wildman–Crippen MR) is 91.3 cm³/mol. The molecule has 0 atom stereocenters. The summed E-state index contributed by atoms with van der Waals surface area (Å²) in [7, 11) is 0. The number of anilines is 1. The zero-order valence-corrected chi connectivity index (χ0v) is 14.2. The molecule has 0 bridgehead atoms. The Morgan fingerprint density at radius 2 is 2.30 bits per heavy atom. The standard InChI is InChI=1S/C15H19ClN4O2S/c16-15-12(4-8-23-15)22-10-14(21)19-13-3-7-18-20(13)9-11-1-5-17-6-2-11/h3-4,7-8,11,17H,1-2,5-6,9-10H2,(H,19,21). The molecule has 6 nitrogen and oxygen atoms in total. The number of aromatic nitrogens is 2. The van der Waals surface area contributed by atoms with E-state index in [1.165, 1.54) is 11.3 Å². The van der Waals surface area contributed by atoms with Gasteiger partial charge in [0.25, 0.3) is 5.91 Å². The molecule has 1 fully saturated rings. The van der Waals surface area contributed by atoms with Gasteiger partial charge >= 0.3 is 0 Å². The van der Waals surface area contributed by atoms with Gasteiger partial charge in [0.05, 0.1) is 6.20 Å². The highest BCUT2D eigenvalue weighted by molar-refractivity contribution is 7.14. The van der Waals surface area contributed by atoms with Gasteiger partial charge in [0.2, 0.25) is 0 Å². The average molecular weight is 355 g/mol. The number of nitrogens with zero attached hydrogens (tertiary/aromatic N) is 2. The first-order chi connectivity index (χ1) is 11.2. The molecule has 2 aromatic rings. The smallest absolute Gasteiger partial charge is 0.263 e. The van der Waals surface area contributed by atoms with Crippen LogP contribution in [0.1, 0.15) is 12.8 Å². The first-order valence-corrected chi connectivity index (χ1v) is 8.86. The fourth-order valence-electron chi connectivity index (χ4n) is 2.60. The third-order valence-electron chi connectivity index (χ3n) is 3.82. The van der Waals surface area contributed by atoms with Crippen molar-refractivity contribution >= 4 is 34.7 Å². The maximum Gasteiger partial charge on any atom is 0.263 e. The highest BCUT2D eigenvalue weighted by atomic mass is 35.5. The van der Waals surface area contributed by atoms with Crippen LogP contribution in [0.25, 0.3) is 0 Å². The van der Waals surface area contributed by atoms with E-state index in [0.29, 0.717) is 21.8 Å². The van der Waals surface area contributed by atoms with E-state index in [9.17, 15) is 4.79 Å². The van der Waals surface area contributed by atoms with E-state index in [0.717, 1.165) is 32.5 Å². The molecule has 124 valence electrons. The fourth-order valence-corrected chi connectivity index (χ4v) is 3.43. The molecule has 23 heavy (non-hydrogen) atoms. The van der Waals surface area contributed by atoms with Crippen molar-refractivity contribution in [1.29, 1.82) is 0 Å². The van der Waals surface area contributed by atoms with Crippen LogP contribution in [0, 0.1) is 5.92 Å². The number of carbonyl (C=O) groups excluding carboxylic acids is 1. The summed E-state index contributed by atoms with van der Waals surface area (Å²) in [4.78, 5) is 12.0. The molecular formula is C15H19ClN4O2S. The molecule has 1 aliphatic rings. The van der Waals surface area contributed by atoms with E-state index >= 15 is 0 Å². The Morgan fingerprint density at radius 3 is 3.04 bits per heavy atom. The summed E-state index contributed by atoms with van der Waals surface area (Å²) in [5.74, 6) is 1.61. The number of halogens is 1. The molecule has 0 unspecified atom stereocenters. The second-order valence-corrected chi connectivity index (χ2v) is 7.01. The fraction of sp³-hybridized carbons (Fsp3) is 0.467. The van der Waals surface area contributed by atoms with Gasteiger partial charge in [-0.1, -0.05) is 11.6 Å². The molecule has 2 aromatic heterocycles. The summed E-state index contributed by atoms with van der Waals surface area (Å²) in [6, 6.07) is 3.55. The molecule has 2 N–H and O–H groups in total. The van der Waals surface area contributed by atoms with Gasteiger partial charge in [0, 0.05) is 12.6 Å². The van der Waals surface area contributed by atoms with Gasteiger partial charge in [-0.15, -0.1) is 11.3 Å². The second-order valence-electron chi connectivity index (χ2n) is 5.49. The molecule has 3 rings (SSSR count). The molecule has 1 amide bonds. The van der Waals surface area contributed by atoms with Crippen molar-refractivity contribution in [2.24, 2.45) is 5.92 Å². The minimum absolute atomic E-state index is 0.0744. The predicted octanol–water partition coefficient (Wildman–Crippen LogP) is 2.62. The summed E-state index contributed by atoms with van der Waals surface area (Å²) < 4.78 is 7.81. The quantitative estimate of drug-likeness (QED) is 0.836. The van der Waals surface area contributed by atoms with E-state index in [2.05, 4.69) is 15.7 Å². The third-order valence-corrected chi connectivity index (χ3v) is 4.95. The molecule has 0 spiro atoms. The van der Waals surface area contributed by atoms with Gasteiger partial charge in [-0.2, -0.15) is 5.10 Å². The normalized spacial score (nSPS) is 15.5. The van der Waals surface area contributed by atoms with Gasteiger partial charge in [0.1, 0.15) is 15.9 Å². The Bertz CT molecular complexity index is 651. The summed E-state index contributed by atoms with van der Waals surface area (Å²) in [5.41, 5.74) is 0. The van der Waals surface area contributed by atoms with E-state index in [1.54, 1.807) is 18.3 Å². The Balaban J connectivity index is 1.52. The van der Waals surface area contributed by atoms with Gasteiger partial charge in [-0.3, -0.25) is 4.79 Å². The van der Waals surface area contributed by atoms with Gasteiger partial charge in [0.15, 0.2) is 6.61 Å². The molecule has 8 heteroatoms. The SMILES string of the molecule is O=C(COc1ccsc1Cl)Nc1ccnn1CC1CCNCC1. The second kappa shape index (κ2) is 7.81. The van der Waals surface area contributed by atoms with Crippen LogP contribution in [0.15, 0.2) is 23.7 Å². The zero-order chi connectivity index (χ0) is 16.1. The van der Waals surface area contributed by atoms with E-state index < -0.39 is 0 Å². The molecule has 0 aliphatic carbocycles. The Hall–Kier alpha value is -1.57. The third kappa shape index (κ3) is 4.46. The highest BCUT2D eigenvalue weighted by Crippen LogP contribution is 2.29. The zero-order valence-electron chi connectivity index (χ0n) is 12.6. The number of thiophene rings is 1. The number of hydrogen-bond donors (Lipinski definition) is 2. The topological polar surface area (TPSA) is 68.2 Å². The molecule has 1 saturated heterocycles. The molecule has 0 aromatic carbocycles. The van der Waals surface area contributed by atoms with Crippen LogP contribution in [0.2, 0.25) is 4.34 Å². The van der Waals surface area contributed by atoms with Crippen molar-refractivity contribution < 1.29 is 9.53 Å². The largest absolute Gasteiger partial charge is 0.481 e. The lowest BCUT2D eigenvalue weighted by atomic mass is 9.98. The van der Waals surface area contributed by atoms with Gasteiger partial charge < -0.3 is 15.4 Å². The molecule has 0 saturated carbocycles. The number of amides is 1. The van der Waals surface area contributed by atoms with Crippen LogP contribution < -0.4 is 15.4 Å².